The Kier molecular flexibility index (Phi) is 2.66. The minimum Gasteiger partial charge on any atom is -0.469 e. The Bertz CT molecular complexity index is 651. The quantitative estimate of drug-likeness (QED) is 0.793. The van der Waals surface area contributed by atoms with Gasteiger partial charge in [0.15, 0.2) is 0 Å². The van der Waals surface area contributed by atoms with Gasteiger partial charge in [-0.2, -0.15) is 0 Å². The van der Waals surface area contributed by atoms with Crippen LogP contribution in [0.4, 0.5) is 5.82 Å². The van der Waals surface area contributed by atoms with Crippen molar-refractivity contribution in [3.63, 3.8) is 0 Å². The number of aromatic nitrogens is 3. The van der Waals surface area contributed by atoms with Crippen LogP contribution in [-0.2, 0) is 14.3 Å². The first-order valence-electron chi connectivity index (χ1n) is 5.87. The SMILES string of the molecule is COC(=O)C1CC(=O)N(c2ncnc3[nH]ccc23)C1. The van der Waals surface area contributed by atoms with E-state index in [1.165, 1.54) is 18.3 Å². The summed E-state index contributed by atoms with van der Waals surface area (Å²) in [6, 6.07) is 1.81. The van der Waals surface area contributed by atoms with Gasteiger partial charge in [0, 0.05) is 19.2 Å². The zero-order valence-corrected chi connectivity index (χ0v) is 10.3. The Morgan fingerprint density at radius 1 is 1.53 bits per heavy atom. The van der Waals surface area contributed by atoms with Crippen molar-refractivity contribution in [1.29, 1.82) is 0 Å². The monoisotopic (exact) mass is 260 g/mol. The van der Waals surface area contributed by atoms with Crippen LogP contribution in [0.5, 0.6) is 0 Å². The van der Waals surface area contributed by atoms with Gasteiger partial charge in [0.1, 0.15) is 17.8 Å². The van der Waals surface area contributed by atoms with Crippen molar-refractivity contribution in [1.82, 2.24) is 15.0 Å². The summed E-state index contributed by atoms with van der Waals surface area (Å²) in [4.78, 5) is 36.2. The number of esters is 1. The van der Waals surface area contributed by atoms with Crippen molar-refractivity contribution in [3.8, 4) is 0 Å². The van der Waals surface area contributed by atoms with Crippen LogP contribution in [0.15, 0.2) is 18.6 Å². The molecule has 0 aromatic carbocycles. The van der Waals surface area contributed by atoms with E-state index in [2.05, 4.69) is 19.7 Å². The number of hydrogen-bond donors (Lipinski definition) is 1. The number of methoxy groups -OCH3 is 1. The molecule has 1 saturated heterocycles. The highest BCUT2D eigenvalue weighted by atomic mass is 16.5. The fourth-order valence-electron chi connectivity index (χ4n) is 2.31. The summed E-state index contributed by atoms with van der Waals surface area (Å²) in [7, 11) is 1.32. The van der Waals surface area contributed by atoms with Crippen molar-refractivity contribution in [2.24, 2.45) is 5.92 Å². The maximum absolute atomic E-state index is 12.0. The van der Waals surface area contributed by atoms with Crippen LogP contribution in [0.3, 0.4) is 0 Å². The summed E-state index contributed by atoms with van der Waals surface area (Å²) >= 11 is 0. The molecule has 0 bridgehead atoms. The minimum atomic E-state index is -0.429. The average molecular weight is 260 g/mol. The number of hydrogen-bond acceptors (Lipinski definition) is 5. The van der Waals surface area contributed by atoms with Gasteiger partial charge in [0.25, 0.3) is 0 Å². The molecule has 1 aliphatic heterocycles. The van der Waals surface area contributed by atoms with Crippen molar-refractivity contribution in [2.75, 3.05) is 18.6 Å². The third-order valence-electron chi connectivity index (χ3n) is 3.25. The second kappa shape index (κ2) is 4.34. The van der Waals surface area contributed by atoms with Gasteiger partial charge >= 0.3 is 5.97 Å². The molecule has 0 radical (unpaired) electrons. The number of carbonyl (C=O) groups is 2. The summed E-state index contributed by atoms with van der Waals surface area (Å²) in [6.07, 6.45) is 3.29. The standard InChI is InChI=1S/C12H12N4O3/c1-19-12(18)7-4-9(17)16(5-7)11-8-2-3-13-10(8)14-6-15-11/h2-3,6-7H,4-5H2,1H3,(H,13,14,15). The Morgan fingerprint density at radius 3 is 3.16 bits per heavy atom. The molecule has 3 rings (SSSR count). The molecule has 0 spiro atoms. The molecule has 19 heavy (non-hydrogen) atoms. The normalized spacial score (nSPS) is 19.1. The van der Waals surface area contributed by atoms with Gasteiger partial charge in [-0.15, -0.1) is 0 Å². The fraction of sp³-hybridized carbons (Fsp3) is 0.333. The van der Waals surface area contributed by atoms with E-state index in [0.29, 0.717) is 18.0 Å². The van der Waals surface area contributed by atoms with E-state index in [1.54, 1.807) is 6.20 Å². The third kappa shape index (κ3) is 1.83. The van der Waals surface area contributed by atoms with Gasteiger partial charge in [-0.05, 0) is 6.07 Å². The first-order valence-corrected chi connectivity index (χ1v) is 5.87. The fourth-order valence-corrected chi connectivity index (χ4v) is 2.31. The molecule has 98 valence electrons. The van der Waals surface area contributed by atoms with Gasteiger partial charge in [0.05, 0.1) is 18.4 Å². The molecular weight excluding hydrogens is 248 g/mol. The van der Waals surface area contributed by atoms with Crippen molar-refractivity contribution < 1.29 is 14.3 Å². The maximum Gasteiger partial charge on any atom is 0.311 e. The van der Waals surface area contributed by atoms with E-state index in [-0.39, 0.29) is 18.3 Å². The minimum absolute atomic E-state index is 0.128. The number of carbonyl (C=O) groups excluding carboxylic acids is 2. The maximum atomic E-state index is 12.0. The number of fused-ring (bicyclic) bond motifs is 1. The molecule has 3 heterocycles. The molecule has 7 nitrogen and oxygen atoms in total. The van der Waals surface area contributed by atoms with E-state index in [0.717, 1.165) is 5.39 Å². The molecule has 1 unspecified atom stereocenters. The number of H-pyrrole nitrogens is 1. The van der Waals surface area contributed by atoms with Gasteiger partial charge < -0.3 is 9.72 Å². The number of ether oxygens (including phenoxy) is 1. The van der Waals surface area contributed by atoms with E-state index in [1.807, 2.05) is 6.07 Å². The number of nitrogens with zero attached hydrogens (tertiary/aromatic N) is 3. The van der Waals surface area contributed by atoms with Crippen LogP contribution in [0, 0.1) is 5.92 Å². The molecule has 1 amide bonds. The molecule has 7 heteroatoms. The molecular formula is C12H12N4O3. The highest BCUT2D eigenvalue weighted by molar-refractivity contribution is 6.04. The van der Waals surface area contributed by atoms with Crippen LogP contribution in [0.1, 0.15) is 6.42 Å². The van der Waals surface area contributed by atoms with Crippen molar-refractivity contribution in [3.05, 3.63) is 18.6 Å². The Labute approximate surface area is 108 Å². The number of rotatable bonds is 2. The molecule has 2 aromatic heterocycles. The lowest BCUT2D eigenvalue weighted by Gasteiger charge is -2.15. The zero-order valence-electron chi connectivity index (χ0n) is 10.3. The topological polar surface area (TPSA) is 88.2 Å². The van der Waals surface area contributed by atoms with Gasteiger partial charge in [-0.1, -0.05) is 0 Å². The van der Waals surface area contributed by atoms with E-state index < -0.39 is 5.92 Å². The Morgan fingerprint density at radius 2 is 2.37 bits per heavy atom. The highest BCUT2D eigenvalue weighted by Crippen LogP contribution is 2.28. The lowest BCUT2D eigenvalue weighted by Crippen LogP contribution is -2.27. The van der Waals surface area contributed by atoms with Crippen molar-refractivity contribution >= 4 is 28.7 Å². The number of anilines is 1. The third-order valence-corrected chi connectivity index (χ3v) is 3.25. The van der Waals surface area contributed by atoms with Crippen molar-refractivity contribution in [2.45, 2.75) is 6.42 Å². The largest absolute Gasteiger partial charge is 0.469 e. The zero-order chi connectivity index (χ0) is 13.4. The number of aromatic amines is 1. The van der Waals surface area contributed by atoms with Crippen LogP contribution >= 0.6 is 0 Å². The van der Waals surface area contributed by atoms with Gasteiger partial charge in [-0.25, -0.2) is 9.97 Å². The second-order valence-electron chi connectivity index (χ2n) is 4.37. The molecule has 0 aliphatic carbocycles. The number of nitrogens with one attached hydrogen (secondary N) is 1. The summed E-state index contributed by atoms with van der Waals surface area (Å²) < 4.78 is 4.68. The Balaban J connectivity index is 1.96. The van der Waals surface area contributed by atoms with Crippen LogP contribution < -0.4 is 4.90 Å². The van der Waals surface area contributed by atoms with Crippen LogP contribution in [0.2, 0.25) is 0 Å². The van der Waals surface area contributed by atoms with E-state index in [9.17, 15) is 9.59 Å². The predicted molar refractivity (Wildman–Crippen MR) is 66.4 cm³/mol. The molecule has 1 fully saturated rings. The average Bonchev–Trinajstić information content (AvgIpc) is 3.03. The van der Waals surface area contributed by atoms with Gasteiger partial charge in [-0.3, -0.25) is 14.5 Å². The lowest BCUT2D eigenvalue weighted by molar-refractivity contribution is -0.145. The smallest absolute Gasteiger partial charge is 0.311 e. The molecule has 1 N–H and O–H groups in total. The first kappa shape index (κ1) is 11.6. The highest BCUT2D eigenvalue weighted by Gasteiger charge is 2.37. The predicted octanol–water partition coefficient (Wildman–Crippen LogP) is 0.484. The Hall–Kier alpha value is -2.44. The van der Waals surface area contributed by atoms with E-state index >= 15 is 0 Å². The summed E-state index contributed by atoms with van der Waals surface area (Å²) in [5.41, 5.74) is 0.666. The first-order chi connectivity index (χ1) is 9.20. The second-order valence-corrected chi connectivity index (χ2v) is 4.37. The summed E-state index contributed by atoms with van der Waals surface area (Å²) in [5.74, 6) is -0.393. The van der Waals surface area contributed by atoms with Crippen LogP contribution in [-0.4, -0.2) is 40.5 Å². The molecule has 1 atom stereocenters. The molecule has 2 aromatic rings. The van der Waals surface area contributed by atoms with Gasteiger partial charge in [0.2, 0.25) is 5.91 Å². The summed E-state index contributed by atoms with van der Waals surface area (Å²) in [6.45, 7) is 0.294. The lowest BCUT2D eigenvalue weighted by atomic mass is 10.1. The summed E-state index contributed by atoms with van der Waals surface area (Å²) in [5, 5.41) is 0.765. The van der Waals surface area contributed by atoms with E-state index in [4.69, 9.17) is 0 Å². The molecule has 0 saturated carbocycles. The molecule has 1 aliphatic rings. The number of amides is 1. The van der Waals surface area contributed by atoms with Crippen LogP contribution in [0.25, 0.3) is 11.0 Å².